The van der Waals surface area contributed by atoms with E-state index in [4.69, 9.17) is 4.74 Å². The van der Waals surface area contributed by atoms with Gasteiger partial charge in [0.25, 0.3) is 0 Å². The summed E-state index contributed by atoms with van der Waals surface area (Å²) in [6, 6.07) is 4.41. The van der Waals surface area contributed by atoms with Gasteiger partial charge in [-0.3, -0.25) is 4.90 Å². The lowest BCUT2D eigenvalue weighted by Gasteiger charge is -2.26. The third-order valence-corrected chi connectivity index (χ3v) is 2.63. The minimum absolute atomic E-state index is 0.0846. The molecule has 0 aromatic heterocycles. The maximum absolute atomic E-state index is 13.5. The van der Waals surface area contributed by atoms with Crippen molar-refractivity contribution in [1.82, 2.24) is 0 Å². The number of aliphatic hydroxyl groups excluding tert-OH is 1. The molecule has 1 N–H and O–H groups in total. The van der Waals surface area contributed by atoms with E-state index in [1.807, 2.05) is 0 Å². The maximum atomic E-state index is 13.5. The number of carbonyl (C=O) groups excluding carboxylic acids is 1. The van der Waals surface area contributed by atoms with Crippen LogP contribution in [-0.2, 0) is 11.2 Å². The van der Waals surface area contributed by atoms with Gasteiger partial charge in [-0.05, 0) is 32.9 Å². The zero-order chi connectivity index (χ0) is 13.5. The summed E-state index contributed by atoms with van der Waals surface area (Å²) in [6.45, 7) is 5.21. The SMILES string of the molecule is CC(C)(C)OC(=O)N1c2cccc(F)c2CC1O. The number of aliphatic hydroxyl groups is 1. The zero-order valence-corrected chi connectivity index (χ0v) is 10.6. The van der Waals surface area contributed by atoms with Gasteiger partial charge in [0, 0.05) is 12.0 Å². The number of halogens is 1. The van der Waals surface area contributed by atoms with E-state index in [2.05, 4.69) is 0 Å². The van der Waals surface area contributed by atoms with Crippen LogP contribution in [0.4, 0.5) is 14.9 Å². The van der Waals surface area contributed by atoms with Crippen molar-refractivity contribution in [3.8, 4) is 0 Å². The number of carbonyl (C=O) groups is 1. The third-order valence-electron chi connectivity index (χ3n) is 2.63. The maximum Gasteiger partial charge on any atom is 0.416 e. The van der Waals surface area contributed by atoms with E-state index >= 15 is 0 Å². The Balaban J connectivity index is 2.31. The van der Waals surface area contributed by atoms with Gasteiger partial charge in [0.05, 0.1) is 5.69 Å². The number of hydrogen-bond acceptors (Lipinski definition) is 3. The molecule has 2 rings (SSSR count). The summed E-state index contributed by atoms with van der Waals surface area (Å²) in [6.07, 6.45) is -1.66. The second-order valence-electron chi connectivity index (χ2n) is 5.27. The largest absolute Gasteiger partial charge is 0.443 e. The van der Waals surface area contributed by atoms with Crippen molar-refractivity contribution >= 4 is 11.8 Å². The molecule has 0 saturated carbocycles. The number of fused-ring (bicyclic) bond motifs is 1. The van der Waals surface area contributed by atoms with E-state index in [1.54, 1.807) is 26.8 Å². The molecule has 0 spiro atoms. The minimum Gasteiger partial charge on any atom is -0.443 e. The monoisotopic (exact) mass is 253 g/mol. The van der Waals surface area contributed by atoms with Crippen LogP contribution in [0.5, 0.6) is 0 Å². The number of hydrogen-bond donors (Lipinski definition) is 1. The summed E-state index contributed by atoms with van der Waals surface area (Å²) in [7, 11) is 0. The summed E-state index contributed by atoms with van der Waals surface area (Å²) in [5.41, 5.74) is 0.0555. The molecule has 1 aromatic carbocycles. The van der Waals surface area contributed by atoms with Crippen molar-refractivity contribution < 1.29 is 19.0 Å². The highest BCUT2D eigenvalue weighted by Crippen LogP contribution is 2.34. The number of amides is 1. The van der Waals surface area contributed by atoms with Gasteiger partial charge in [-0.2, -0.15) is 0 Å². The van der Waals surface area contributed by atoms with E-state index in [0.717, 1.165) is 4.90 Å². The molecule has 4 nitrogen and oxygen atoms in total. The molecule has 18 heavy (non-hydrogen) atoms. The zero-order valence-electron chi connectivity index (χ0n) is 10.6. The molecule has 0 aliphatic carbocycles. The molecular formula is C13H16FNO3. The average molecular weight is 253 g/mol. The van der Waals surface area contributed by atoms with Gasteiger partial charge in [0.15, 0.2) is 0 Å². The Hall–Kier alpha value is -1.62. The van der Waals surface area contributed by atoms with E-state index < -0.39 is 23.7 Å². The molecule has 0 saturated heterocycles. The number of anilines is 1. The fourth-order valence-electron chi connectivity index (χ4n) is 1.94. The van der Waals surface area contributed by atoms with Crippen molar-refractivity contribution in [1.29, 1.82) is 0 Å². The Morgan fingerprint density at radius 2 is 2.17 bits per heavy atom. The molecule has 98 valence electrons. The van der Waals surface area contributed by atoms with Crippen LogP contribution in [0.2, 0.25) is 0 Å². The first-order chi connectivity index (χ1) is 8.29. The molecule has 0 bridgehead atoms. The van der Waals surface area contributed by atoms with Crippen molar-refractivity contribution in [2.45, 2.75) is 39.0 Å². The van der Waals surface area contributed by atoms with Gasteiger partial charge in [-0.1, -0.05) is 6.07 Å². The van der Waals surface area contributed by atoms with Gasteiger partial charge in [0.2, 0.25) is 0 Å². The van der Waals surface area contributed by atoms with Crippen LogP contribution in [0, 0.1) is 5.82 Å². The van der Waals surface area contributed by atoms with Crippen LogP contribution in [0.3, 0.4) is 0 Å². The predicted octanol–water partition coefficient (Wildman–Crippen LogP) is 2.44. The van der Waals surface area contributed by atoms with Crippen molar-refractivity contribution in [2.75, 3.05) is 4.90 Å². The summed E-state index contributed by atoms with van der Waals surface area (Å²) in [5, 5.41) is 9.86. The van der Waals surface area contributed by atoms with Crippen LogP contribution in [0.1, 0.15) is 26.3 Å². The minimum atomic E-state index is -1.08. The molecule has 1 unspecified atom stereocenters. The fraction of sp³-hybridized carbons (Fsp3) is 0.462. The lowest BCUT2D eigenvalue weighted by molar-refractivity contribution is 0.0490. The normalized spacial score (nSPS) is 18.7. The van der Waals surface area contributed by atoms with Crippen LogP contribution < -0.4 is 4.90 Å². The second kappa shape index (κ2) is 4.24. The van der Waals surface area contributed by atoms with E-state index in [0.29, 0.717) is 11.3 Å². The smallest absolute Gasteiger partial charge is 0.416 e. The molecule has 1 aliphatic heterocycles. The average Bonchev–Trinajstić information content (AvgIpc) is 2.53. The van der Waals surface area contributed by atoms with Gasteiger partial charge in [-0.15, -0.1) is 0 Å². The highest BCUT2D eigenvalue weighted by atomic mass is 19.1. The van der Waals surface area contributed by atoms with Gasteiger partial charge in [-0.25, -0.2) is 9.18 Å². The standard InChI is InChI=1S/C13H16FNO3/c1-13(2,3)18-12(17)15-10-6-4-5-9(14)8(10)7-11(15)16/h4-6,11,16H,7H2,1-3H3. The number of ether oxygens (including phenoxy) is 1. The third kappa shape index (κ3) is 2.31. The van der Waals surface area contributed by atoms with Crippen LogP contribution in [0.15, 0.2) is 18.2 Å². The topological polar surface area (TPSA) is 49.8 Å². The number of benzene rings is 1. The Bertz CT molecular complexity index is 482. The Morgan fingerprint density at radius 3 is 2.78 bits per heavy atom. The molecule has 0 fully saturated rings. The first-order valence-electron chi connectivity index (χ1n) is 5.77. The predicted molar refractivity (Wildman–Crippen MR) is 64.8 cm³/mol. The van der Waals surface area contributed by atoms with Crippen molar-refractivity contribution in [3.63, 3.8) is 0 Å². The summed E-state index contributed by atoms with van der Waals surface area (Å²) >= 11 is 0. The summed E-state index contributed by atoms with van der Waals surface area (Å²) in [5.74, 6) is -0.419. The van der Waals surface area contributed by atoms with Crippen molar-refractivity contribution in [2.24, 2.45) is 0 Å². The van der Waals surface area contributed by atoms with E-state index in [1.165, 1.54) is 12.1 Å². The van der Waals surface area contributed by atoms with Crippen LogP contribution in [0.25, 0.3) is 0 Å². The van der Waals surface area contributed by atoms with E-state index in [9.17, 15) is 14.3 Å². The van der Waals surface area contributed by atoms with E-state index in [-0.39, 0.29) is 6.42 Å². The number of nitrogens with zero attached hydrogens (tertiary/aromatic N) is 1. The lowest BCUT2D eigenvalue weighted by Crippen LogP contribution is -2.41. The summed E-state index contributed by atoms with van der Waals surface area (Å²) in [4.78, 5) is 13.1. The number of rotatable bonds is 0. The van der Waals surface area contributed by atoms with Crippen molar-refractivity contribution in [3.05, 3.63) is 29.6 Å². The molecule has 0 radical (unpaired) electrons. The highest BCUT2D eigenvalue weighted by Gasteiger charge is 2.36. The van der Waals surface area contributed by atoms with Gasteiger partial charge in [0.1, 0.15) is 17.6 Å². The molecule has 5 heteroatoms. The fourth-order valence-corrected chi connectivity index (χ4v) is 1.94. The highest BCUT2D eigenvalue weighted by molar-refractivity contribution is 5.91. The Labute approximate surface area is 105 Å². The lowest BCUT2D eigenvalue weighted by atomic mass is 10.1. The quantitative estimate of drug-likeness (QED) is 0.772. The molecule has 1 aromatic rings. The molecule has 1 aliphatic rings. The molecule has 1 atom stereocenters. The van der Waals surface area contributed by atoms with Gasteiger partial charge >= 0.3 is 6.09 Å². The Morgan fingerprint density at radius 1 is 1.50 bits per heavy atom. The first kappa shape index (κ1) is 12.8. The van der Waals surface area contributed by atoms with Gasteiger partial charge < -0.3 is 9.84 Å². The summed E-state index contributed by atoms with van der Waals surface area (Å²) < 4.78 is 18.7. The molecule has 1 heterocycles. The second-order valence-corrected chi connectivity index (χ2v) is 5.27. The molecular weight excluding hydrogens is 237 g/mol. The van der Waals surface area contributed by atoms with Crippen LogP contribution >= 0.6 is 0 Å². The molecule has 1 amide bonds. The van der Waals surface area contributed by atoms with Crippen LogP contribution in [-0.4, -0.2) is 23.0 Å². The Kier molecular flexibility index (Phi) is 3.02. The first-order valence-corrected chi connectivity index (χ1v) is 5.77.